The van der Waals surface area contributed by atoms with Gasteiger partial charge in [0.1, 0.15) is 11.0 Å². The second-order valence-corrected chi connectivity index (χ2v) is 4.20. The van der Waals surface area contributed by atoms with Crippen molar-refractivity contribution in [3.63, 3.8) is 0 Å². The van der Waals surface area contributed by atoms with Crippen LogP contribution in [0, 0.1) is 12.7 Å². The van der Waals surface area contributed by atoms with Gasteiger partial charge in [-0.15, -0.1) is 0 Å². The first-order valence-corrected chi connectivity index (χ1v) is 5.52. The van der Waals surface area contributed by atoms with Gasteiger partial charge in [-0.05, 0) is 36.2 Å². The highest BCUT2D eigenvalue weighted by molar-refractivity contribution is 6.29. The van der Waals surface area contributed by atoms with Crippen molar-refractivity contribution < 1.29 is 14.3 Å². The summed E-state index contributed by atoms with van der Waals surface area (Å²) in [6.45, 7) is 1.77. The molecular formula is C13H9ClFNO2. The topological polar surface area (TPSA) is 50.2 Å². The van der Waals surface area contributed by atoms with E-state index >= 15 is 0 Å². The molecule has 1 aromatic heterocycles. The second kappa shape index (κ2) is 4.74. The molecule has 0 saturated heterocycles. The number of aryl methyl sites for hydroxylation is 1. The minimum atomic E-state index is -1.13. The summed E-state index contributed by atoms with van der Waals surface area (Å²) in [5, 5.41) is 9.22. The predicted octanol–water partition coefficient (Wildman–Crippen LogP) is 3.55. The van der Waals surface area contributed by atoms with Crippen molar-refractivity contribution >= 4 is 17.6 Å². The van der Waals surface area contributed by atoms with Gasteiger partial charge in [-0.25, -0.2) is 14.2 Å². The Morgan fingerprint density at radius 3 is 2.72 bits per heavy atom. The lowest BCUT2D eigenvalue weighted by atomic mass is 9.98. The zero-order chi connectivity index (χ0) is 13.3. The smallest absolute Gasteiger partial charge is 0.336 e. The molecule has 1 aromatic carbocycles. The zero-order valence-electron chi connectivity index (χ0n) is 9.45. The molecule has 1 heterocycles. The fraction of sp³-hybridized carbons (Fsp3) is 0.0769. The summed E-state index contributed by atoms with van der Waals surface area (Å²) in [7, 11) is 0. The quantitative estimate of drug-likeness (QED) is 0.845. The van der Waals surface area contributed by atoms with Crippen LogP contribution in [-0.4, -0.2) is 16.1 Å². The van der Waals surface area contributed by atoms with Crippen LogP contribution in [-0.2, 0) is 0 Å². The van der Waals surface area contributed by atoms with Gasteiger partial charge in [-0.1, -0.05) is 17.7 Å². The summed E-state index contributed by atoms with van der Waals surface area (Å²) in [6.07, 6.45) is 1.34. The van der Waals surface area contributed by atoms with Crippen molar-refractivity contribution in [2.24, 2.45) is 0 Å². The van der Waals surface area contributed by atoms with Crippen LogP contribution >= 0.6 is 11.6 Å². The largest absolute Gasteiger partial charge is 0.478 e. The van der Waals surface area contributed by atoms with Crippen molar-refractivity contribution in [1.82, 2.24) is 4.98 Å². The Morgan fingerprint density at radius 2 is 2.06 bits per heavy atom. The number of nitrogens with zero attached hydrogens (tertiary/aromatic N) is 1. The number of carboxylic acid groups (broad SMARTS) is 1. The lowest BCUT2D eigenvalue weighted by Crippen LogP contribution is -2.01. The number of hydrogen-bond acceptors (Lipinski definition) is 2. The molecule has 0 spiro atoms. The van der Waals surface area contributed by atoms with Gasteiger partial charge in [0.25, 0.3) is 0 Å². The second-order valence-electron chi connectivity index (χ2n) is 3.82. The van der Waals surface area contributed by atoms with Gasteiger partial charge in [0.15, 0.2) is 0 Å². The van der Waals surface area contributed by atoms with E-state index in [-0.39, 0.29) is 10.7 Å². The van der Waals surface area contributed by atoms with Crippen LogP contribution in [0.5, 0.6) is 0 Å². The van der Waals surface area contributed by atoms with Crippen molar-refractivity contribution in [1.29, 1.82) is 0 Å². The molecule has 0 saturated carbocycles. The molecular weight excluding hydrogens is 257 g/mol. The molecule has 0 unspecified atom stereocenters. The monoisotopic (exact) mass is 265 g/mol. The molecule has 0 aliphatic carbocycles. The molecule has 2 aromatic rings. The Balaban J connectivity index is 2.70. The van der Waals surface area contributed by atoms with Crippen LogP contribution in [0.2, 0.25) is 5.15 Å². The fourth-order valence-corrected chi connectivity index (χ4v) is 1.86. The summed E-state index contributed by atoms with van der Waals surface area (Å²) in [5.74, 6) is -1.56. The summed E-state index contributed by atoms with van der Waals surface area (Å²) in [6, 6.07) is 5.45. The van der Waals surface area contributed by atoms with E-state index in [1.54, 1.807) is 13.0 Å². The van der Waals surface area contributed by atoms with Gasteiger partial charge in [0.05, 0.1) is 5.56 Å². The number of carbonyl (C=O) groups is 1. The first-order chi connectivity index (χ1) is 8.49. The van der Waals surface area contributed by atoms with Gasteiger partial charge in [0.2, 0.25) is 0 Å². The number of benzene rings is 1. The van der Waals surface area contributed by atoms with Crippen LogP contribution in [0.3, 0.4) is 0 Å². The van der Waals surface area contributed by atoms with Crippen LogP contribution < -0.4 is 0 Å². The molecule has 5 heteroatoms. The molecule has 18 heavy (non-hydrogen) atoms. The van der Waals surface area contributed by atoms with E-state index < -0.39 is 11.8 Å². The summed E-state index contributed by atoms with van der Waals surface area (Å²) < 4.78 is 13.3. The predicted molar refractivity (Wildman–Crippen MR) is 66.3 cm³/mol. The Bertz CT molecular complexity index is 628. The van der Waals surface area contributed by atoms with E-state index in [9.17, 15) is 9.18 Å². The van der Waals surface area contributed by atoms with Gasteiger partial charge in [-0.3, -0.25) is 0 Å². The molecule has 2 rings (SSSR count). The summed E-state index contributed by atoms with van der Waals surface area (Å²) in [5.41, 5.74) is 1.62. The molecule has 0 bridgehead atoms. The first kappa shape index (κ1) is 12.5. The molecule has 0 atom stereocenters. The van der Waals surface area contributed by atoms with Crippen molar-refractivity contribution in [2.75, 3.05) is 0 Å². The number of hydrogen-bond donors (Lipinski definition) is 1. The standard InChI is InChI=1S/C13H9ClFNO2/c1-7-2-3-8(15)4-9(7)11-6-16-12(14)5-10(11)13(17)18/h2-6H,1H3,(H,17,18). The maximum absolute atomic E-state index is 13.3. The molecule has 92 valence electrons. The lowest BCUT2D eigenvalue weighted by Gasteiger charge is -2.09. The van der Waals surface area contributed by atoms with Crippen molar-refractivity contribution in [2.45, 2.75) is 6.92 Å². The summed E-state index contributed by atoms with van der Waals surface area (Å²) in [4.78, 5) is 15.0. The number of halogens is 2. The Kier molecular flexibility index (Phi) is 3.30. The highest BCUT2D eigenvalue weighted by atomic mass is 35.5. The minimum Gasteiger partial charge on any atom is -0.478 e. The molecule has 3 nitrogen and oxygen atoms in total. The van der Waals surface area contributed by atoms with Crippen LogP contribution in [0.4, 0.5) is 4.39 Å². The number of carboxylic acids is 1. The fourth-order valence-electron chi connectivity index (χ4n) is 1.71. The molecule has 0 amide bonds. The molecule has 0 aliphatic heterocycles. The molecule has 0 radical (unpaired) electrons. The van der Waals surface area contributed by atoms with Crippen LogP contribution in [0.15, 0.2) is 30.5 Å². The van der Waals surface area contributed by atoms with E-state index in [0.29, 0.717) is 11.1 Å². The van der Waals surface area contributed by atoms with E-state index in [1.807, 2.05) is 0 Å². The van der Waals surface area contributed by atoms with Crippen molar-refractivity contribution in [3.05, 3.63) is 52.6 Å². The Hall–Kier alpha value is -1.94. The zero-order valence-corrected chi connectivity index (χ0v) is 10.2. The van der Waals surface area contributed by atoms with E-state index in [0.717, 1.165) is 5.56 Å². The molecule has 0 fully saturated rings. The lowest BCUT2D eigenvalue weighted by molar-refractivity contribution is 0.0697. The normalized spacial score (nSPS) is 10.4. The maximum atomic E-state index is 13.3. The van der Waals surface area contributed by atoms with Crippen LogP contribution in [0.1, 0.15) is 15.9 Å². The number of aromatic carboxylic acids is 1. The van der Waals surface area contributed by atoms with Gasteiger partial charge in [0, 0.05) is 11.8 Å². The number of rotatable bonds is 2. The number of pyridine rings is 1. The highest BCUT2D eigenvalue weighted by Gasteiger charge is 2.15. The number of aromatic nitrogens is 1. The van der Waals surface area contributed by atoms with Gasteiger partial charge < -0.3 is 5.11 Å². The van der Waals surface area contributed by atoms with E-state index in [1.165, 1.54) is 24.4 Å². The molecule has 0 aliphatic rings. The third kappa shape index (κ3) is 2.33. The van der Waals surface area contributed by atoms with Gasteiger partial charge in [-0.2, -0.15) is 0 Å². The van der Waals surface area contributed by atoms with E-state index in [2.05, 4.69) is 4.98 Å². The maximum Gasteiger partial charge on any atom is 0.336 e. The first-order valence-electron chi connectivity index (χ1n) is 5.14. The minimum absolute atomic E-state index is 0.00343. The van der Waals surface area contributed by atoms with Crippen molar-refractivity contribution in [3.8, 4) is 11.1 Å². The van der Waals surface area contributed by atoms with E-state index in [4.69, 9.17) is 16.7 Å². The molecule has 1 N–H and O–H groups in total. The van der Waals surface area contributed by atoms with Gasteiger partial charge >= 0.3 is 5.97 Å². The average Bonchev–Trinajstić information content (AvgIpc) is 2.32. The SMILES string of the molecule is Cc1ccc(F)cc1-c1cnc(Cl)cc1C(=O)O. The third-order valence-corrected chi connectivity index (χ3v) is 2.80. The Morgan fingerprint density at radius 1 is 1.33 bits per heavy atom. The summed E-state index contributed by atoms with van der Waals surface area (Å²) >= 11 is 5.67. The Labute approximate surface area is 108 Å². The highest BCUT2D eigenvalue weighted by Crippen LogP contribution is 2.28. The third-order valence-electron chi connectivity index (χ3n) is 2.59. The van der Waals surface area contributed by atoms with Crippen LogP contribution in [0.25, 0.3) is 11.1 Å². The average molecular weight is 266 g/mol.